The Kier molecular flexibility index (Phi) is 3.24. The van der Waals surface area contributed by atoms with Crippen LogP contribution in [0.4, 0.5) is 0 Å². The minimum absolute atomic E-state index is 0.572. The molecule has 2 N–H and O–H groups in total. The van der Waals surface area contributed by atoms with Crippen LogP contribution in [0.15, 0.2) is 18.3 Å². The topological polar surface area (TPSA) is 49.4 Å². The Balaban J connectivity index is 2.77. The minimum atomic E-state index is 0.572. The summed E-state index contributed by atoms with van der Waals surface area (Å²) >= 11 is 0. The third kappa shape index (κ3) is 1.85. The third-order valence-corrected chi connectivity index (χ3v) is 3.00. The van der Waals surface area contributed by atoms with Crippen LogP contribution >= 0.6 is 0 Å². The van der Waals surface area contributed by atoms with Gasteiger partial charge >= 0.3 is 0 Å². The molecule has 1 heterocycles. The average molecular weight is 234 g/mol. The Morgan fingerprint density at radius 1 is 1.29 bits per heavy atom. The van der Waals surface area contributed by atoms with Gasteiger partial charge in [0, 0.05) is 24.2 Å². The van der Waals surface area contributed by atoms with Crippen molar-refractivity contribution in [3.05, 3.63) is 23.9 Å². The zero-order valence-electron chi connectivity index (χ0n) is 10.5. The number of fused-ring (bicyclic) bond motifs is 1. The molecule has 1 aromatic heterocycles. The van der Waals surface area contributed by atoms with Crippen molar-refractivity contribution >= 4 is 10.9 Å². The molecule has 0 aliphatic rings. The van der Waals surface area contributed by atoms with Gasteiger partial charge in [-0.25, -0.2) is 0 Å². The Labute approximate surface area is 101 Å². The lowest BCUT2D eigenvalue weighted by molar-refractivity contribution is 0.388. The van der Waals surface area contributed by atoms with E-state index >= 15 is 0 Å². The van der Waals surface area contributed by atoms with Gasteiger partial charge in [-0.2, -0.15) is 0 Å². The highest BCUT2D eigenvalue weighted by molar-refractivity contribution is 5.89. The normalized spacial score (nSPS) is 10.8. The summed E-state index contributed by atoms with van der Waals surface area (Å²) in [6, 6.07) is 4.08. The molecule has 4 nitrogen and oxygen atoms in total. The summed E-state index contributed by atoms with van der Waals surface area (Å²) in [5.74, 6) is 1.70. The van der Waals surface area contributed by atoms with E-state index in [-0.39, 0.29) is 0 Å². The molecule has 0 saturated heterocycles. The largest absolute Gasteiger partial charge is 0.496 e. The van der Waals surface area contributed by atoms with Crippen LogP contribution in [0.2, 0.25) is 0 Å². The van der Waals surface area contributed by atoms with Crippen molar-refractivity contribution in [2.45, 2.75) is 6.42 Å². The van der Waals surface area contributed by atoms with Gasteiger partial charge < -0.3 is 19.8 Å². The molecule has 2 rings (SSSR count). The van der Waals surface area contributed by atoms with Crippen LogP contribution in [0.5, 0.6) is 11.5 Å². The van der Waals surface area contributed by atoms with Crippen LogP contribution in [0.1, 0.15) is 5.56 Å². The molecule has 0 bridgehead atoms. The first-order valence-corrected chi connectivity index (χ1v) is 5.61. The summed E-state index contributed by atoms with van der Waals surface area (Å²) in [5, 5.41) is 1.11. The molecule has 0 radical (unpaired) electrons. The first-order valence-electron chi connectivity index (χ1n) is 5.61. The van der Waals surface area contributed by atoms with E-state index < -0.39 is 0 Å². The van der Waals surface area contributed by atoms with Gasteiger partial charge in [-0.05, 0) is 25.1 Å². The molecule has 1 aromatic carbocycles. The number of hydrogen-bond donors (Lipinski definition) is 1. The highest BCUT2D eigenvalue weighted by atomic mass is 16.5. The Hall–Kier alpha value is -1.68. The predicted octanol–water partition coefficient (Wildman–Crippen LogP) is 1.70. The van der Waals surface area contributed by atoms with Gasteiger partial charge in [0.25, 0.3) is 0 Å². The van der Waals surface area contributed by atoms with Gasteiger partial charge in [-0.15, -0.1) is 0 Å². The molecule has 4 heteroatoms. The van der Waals surface area contributed by atoms with Crippen molar-refractivity contribution in [3.63, 3.8) is 0 Å². The van der Waals surface area contributed by atoms with Crippen molar-refractivity contribution in [1.82, 2.24) is 4.57 Å². The van der Waals surface area contributed by atoms with Gasteiger partial charge in [0.2, 0.25) is 0 Å². The Morgan fingerprint density at radius 2 is 2.06 bits per heavy atom. The van der Waals surface area contributed by atoms with Crippen molar-refractivity contribution in [2.75, 3.05) is 20.8 Å². The maximum atomic E-state index is 5.65. The first kappa shape index (κ1) is 11.8. The molecule has 17 heavy (non-hydrogen) atoms. The summed E-state index contributed by atoms with van der Waals surface area (Å²) in [5.41, 5.74) is 7.76. The fourth-order valence-electron chi connectivity index (χ4n) is 2.22. The number of benzene rings is 1. The number of aryl methyl sites for hydroxylation is 1. The molecular formula is C13H18N2O2. The maximum absolute atomic E-state index is 5.65. The summed E-state index contributed by atoms with van der Waals surface area (Å²) in [6.45, 7) is 0.572. The number of aromatic nitrogens is 1. The van der Waals surface area contributed by atoms with Gasteiger partial charge in [-0.1, -0.05) is 0 Å². The van der Waals surface area contributed by atoms with Gasteiger partial charge in [0.1, 0.15) is 11.5 Å². The number of nitrogens with two attached hydrogens (primary N) is 1. The van der Waals surface area contributed by atoms with Gasteiger partial charge in [0.15, 0.2) is 0 Å². The minimum Gasteiger partial charge on any atom is -0.496 e. The van der Waals surface area contributed by atoms with Crippen LogP contribution in [-0.4, -0.2) is 25.3 Å². The zero-order chi connectivity index (χ0) is 12.4. The summed E-state index contributed by atoms with van der Waals surface area (Å²) in [7, 11) is 5.36. The molecule has 0 aliphatic carbocycles. The van der Waals surface area contributed by atoms with E-state index in [0.717, 1.165) is 34.4 Å². The van der Waals surface area contributed by atoms with E-state index in [2.05, 4.69) is 0 Å². The highest BCUT2D eigenvalue weighted by Gasteiger charge is 2.16. The van der Waals surface area contributed by atoms with E-state index in [9.17, 15) is 0 Å². The maximum Gasteiger partial charge on any atom is 0.150 e. The second kappa shape index (κ2) is 4.67. The number of nitrogens with zero attached hydrogens (tertiary/aromatic N) is 1. The molecule has 2 aromatic rings. The van der Waals surface area contributed by atoms with Crippen molar-refractivity contribution in [1.29, 1.82) is 0 Å². The predicted molar refractivity (Wildman–Crippen MR) is 68.8 cm³/mol. The number of rotatable bonds is 4. The lowest BCUT2D eigenvalue weighted by Gasteiger charge is -2.15. The smallest absolute Gasteiger partial charge is 0.150 e. The number of hydrogen-bond acceptors (Lipinski definition) is 3. The molecule has 0 unspecified atom stereocenters. The van der Waals surface area contributed by atoms with Crippen molar-refractivity contribution in [2.24, 2.45) is 12.8 Å². The lowest BCUT2D eigenvalue weighted by Crippen LogP contribution is -2.07. The second-order valence-corrected chi connectivity index (χ2v) is 3.99. The SMILES string of the molecule is COc1cc2ccn(C)c2c(OC)c1CCN. The quantitative estimate of drug-likeness (QED) is 0.876. The number of methoxy groups -OCH3 is 2. The van der Waals surface area contributed by atoms with E-state index in [0.29, 0.717) is 6.54 Å². The average Bonchev–Trinajstić information content (AvgIpc) is 2.70. The van der Waals surface area contributed by atoms with Crippen LogP contribution in [-0.2, 0) is 13.5 Å². The monoisotopic (exact) mass is 234 g/mol. The Morgan fingerprint density at radius 3 is 2.65 bits per heavy atom. The molecule has 0 aliphatic heterocycles. The summed E-state index contributed by atoms with van der Waals surface area (Å²) < 4.78 is 13.0. The molecular weight excluding hydrogens is 216 g/mol. The molecule has 0 saturated carbocycles. The van der Waals surface area contributed by atoms with E-state index in [1.807, 2.05) is 29.9 Å². The van der Waals surface area contributed by atoms with Crippen LogP contribution in [0, 0.1) is 0 Å². The van der Waals surface area contributed by atoms with Gasteiger partial charge in [-0.3, -0.25) is 0 Å². The lowest BCUT2D eigenvalue weighted by atomic mass is 10.1. The Bertz CT molecular complexity index is 532. The molecule has 0 fully saturated rings. The molecule has 0 amide bonds. The fourth-order valence-corrected chi connectivity index (χ4v) is 2.22. The molecule has 0 atom stereocenters. The summed E-state index contributed by atoms with van der Waals surface area (Å²) in [6.07, 6.45) is 2.76. The summed E-state index contributed by atoms with van der Waals surface area (Å²) in [4.78, 5) is 0. The van der Waals surface area contributed by atoms with Crippen molar-refractivity contribution in [3.8, 4) is 11.5 Å². The van der Waals surface area contributed by atoms with Crippen LogP contribution in [0.3, 0.4) is 0 Å². The zero-order valence-corrected chi connectivity index (χ0v) is 10.5. The second-order valence-electron chi connectivity index (χ2n) is 3.99. The van der Waals surface area contributed by atoms with E-state index in [1.165, 1.54) is 0 Å². The third-order valence-electron chi connectivity index (χ3n) is 3.00. The standard InChI is InChI=1S/C13H18N2O2/c1-15-7-5-9-8-11(16-2)10(4-6-14)13(17-3)12(9)15/h5,7-8H,4,6,14H2,1-3H3. The van der Waals surface area contributed by atoms with Crippen LogP contribution < -0.4 is 15.2 Å². The first-order chi connectivity index (χ1) is 8.22. The molecule has 0 spiro atoms. The molecule has 92 valence electrons. The van der Waals surface area contributed by atoms with Crippen molar-refractivity contribution < 1.29 is 9.47 Å². The van der Waals surface area contributed by atoms with Crippen LogP contribution in [0.25, 0.3) is 10.9 Å². The number of ether oxygens (including phenoxy) is 2. The van der Waals surface area contributed by atoms with Gasteiger partial charge in [0.05, 0.1) is 19.7 Å². The van der Waals surface area contributed by atoms with E-state index in [4.69, 9.17) is 15.2 Å². The highest BCUT2D eigenvalue weighted by Crippen LogP contribution is 2.37. The van der Waals surface area contributed by atoms with E-state index in [1.54, 1.807) is 14.2 Å². The fraction of sp³-hybridized carbons (Fsp3) is 0.385.